The van der Waals surface area contributed by atoms with E-state index >= 15 is 0 Å². The summed E-state index contributed by atoms with van der Waals surface area (Å²) >= 11 is 0. The van der Waals surface area contributed by atoms with Crippen LogP contribution >= 0.6 is 0 Å². The van der Waals surface area contributed by atoms with Gasteiger partial charge in [0.25, 0.3) is 5.69 Å². The average molecular weight is 292 g/mol. The Morgan fingerprint density at radius 3 is 2.43 bits per heavy atom. The first-order valence-corrected chi connectivity index (χ1v) is 7.52. The molecule has 0 aromatic heterocycles. The summed E-state index contributed by atoms with van der Waals surface area (Å²) in [6, 6.07) is 4.88. The Hall–Kier alpha value is -1.78. The van der Waals surface area contributed by atoms with E-state index in [4.69, 9.17) is 4.74 Å². The van der Waals surface area contributed by atoms with Crippen molar-refractivity contribution in [1.29, 1.82) is 0 Å². The number of nitro groups is 1. The molecule has 5 heteroatoms. The Bertz CT molecular complexity index is 522. The van der Waals surface area contributed by atoms with E-state index in [1.807, 2.05) is 19.9 Å². The molecule has 1 aromatic carbocycles. The van der Waals surface area contributed by atoms with Crippen LogP contribution in [0.3, 0.4) is 0 Å². The fourth-order valence-corrected chi connectivity index (χ4v) is 2.53. The highest BCUT2D eigenvalue weighted by molar-refractivity contribution is 5.56. The Balaban J connectivity index is 2.14. The van der Waals surface area contributed by atoms with E-state index in [-0.39, 0.29) is 16.7 Å². The molecule has 0 amide bonds. The van der Waals surface area contributed by atoms with Crippen molar-refractivity contribution in [2.75, 3.05) is 11.9 Å². The van der Waals surface area contributed by atoms with Gasteiger partial charge in [-0.05, 0) is 38.0 Å². The maximum Gasteiger partial charge on any atom is 0.275 e. The Morgan fingerprint density at radius 2 is 1.95 bits per heavy atom. The van der Waals surface area contributed by atoms with E-state index in [0.29, 0.717) is 17.1 Å². The van der Waals surface area contributed by atoms with E-state index in [2.05, 4.69) is 19.2 Å². The average Bonchev–Trinajstić information content (AvgIpc) is 3.16. The van der Waals surface area contributed by atoms with Crippen LogP contribution in [0.15, 0.2) is 18.2 Å². The van der Waals surface area contributed by atoms with Gasteiger partial charge in [-0.3, -0.25) is 10.1 Å². The molecule has 0 unspecified atom stereocenters. The topological polar surface area (TPSA) is 64.4 Å². The Kier molecular flexibility index (Phi) is 4.40. The van der Waals surface area contributed by atoms with Gasteiger partial charge in [-0.15, -0.1) is 0 Å². The first-order valence-electron chi connectivity index (χ1n) is 7.52. The van der Waals surface area contributed by atoms with E-state index in [9.17, 15) is 10.1 Å². The highest BCUT2D eigenvalue weighted by Crippen LogP contribution is 2.51. The third-order valence-electron chi connectivity index (χ3n) is 4.24. The molecule has 1 aliphatic carbocycles. The predicted molar refractivity (Wildman–Crippen MR) is 83.9 cm³/mol. The molecule has 0 heterocycles. The van der Waals surface area contributed by atoms with Crippen LogP contribution in [0.5, 0.6) is 5.75 Å². The molecule has 0 spiro atoms. The van der Waals surface area contributed by atoms with E-state index < -0.39 is 0 Å². The van der Waals surface area contributed by atoms with Crippen LogP contribution in [-0.2, 0) is 0 Å². The van der Waals surface area contributed by atoms with Crippen molar-refractivity contribution < 1.29 is 9.66 Å². The third kappa shape index (κ3) is 3.86. The molecule has 1 fully saturated rings. The first kappa shape index (κ1) is 15.6. The summed E-state index contributed by atoms with van der Waals surface area (Å²) in [5.41, 5.74) is 1.17. The molecule has 21 heavy (non-hydrogen) atoms. The van der Waals surface area contributed by atoms with Crippen LogP contribution in [0.1, 0.15) is 40.5 Å². The van der Waals surface area contributed by atoms with Crippen LogP contribution in [0.25, 0.3) is 0 Å². The van der Waals surface area contributed by atoms with Gasteiger partial charge >= 0.3 is 0 Å². The van der Waals surface area contributed by atoms with Crippen LogP contribution in [-0.4, -0.2) is 17.6 Å². The zero-order chi connectivity index (χ0) is 15.6. The zero-order valence-electron chi connectivity index (χ0n) is 13.2. The van der Waals surface area contributed by atoms with Crippen LogP contribution in [0.4, 0.5) is 11.4 Å². The summed E-state index contributed by atoms with van der Waals surface area (Å²) in [5, 5.41) is 14.4. The van der Waals surface area contributed by atoms with E-state index in [1.165, 1.54) is 18.9 Å². The molecule has 1 aromatic rings. The smallest absolute Gasteiger partial charge is 0.275 e. The minimum Gasteiger partial charge on any atom is -0.491 e. The van der Waals surface area contributed by atoms with Crippen LogP contribution in [0.2, 0.25) is 0 Å². The number of nitrogens with zero attached hydrogens (tertiary/aromatic N) is 1. The molecular formula is C16H24N2O3. The van der Waals surface area contributed by atoms with Crippen LogP contribution < -0.4 is 10.1 Å². The third-order valence-corrected chi connectivity index (χ3v) is 4.24. The van der Waals surface area contributed by atoms with Gasteiger partial charge in [-0.25, -0.2) is 0 Å². The van der Waals surface area contributed by atoms with Crippen molar-refractivity contribution in [2.45, 2.75) is 46.6 Å². The summed E-state index contributed by atoms with van der Waals surface area (Å²) in [7, 11) is 0. The van der Waals surface area contributed by atoms with Crippen molar-refractivity contribution in [3.8, 4) is 5.75 Å². The molecule has 2 rings (SSSR count). The summed E-state index contributed by atoms with van der Waals surface area (Å²) in [6.07, 6.45) is 2.44. The Morgan fingerprint density at radius 1 is 1.29 bits per heavy atom. The van der Waals surface area contributed by atoms with Gasteiger partial charge in [0.05, 0.1) is 17.1 Å². The first-order chi connectivity index (χ1) is 9.82. The largest absolute Gasteiger partial charge is 0.491 e. The second-order valence-corrected chi connectivity index (χ2v) is 6.51. The van der Waals surface area contributed by atoms with Gasteiger partial charge in [0.15, 0.2) is 0 Å². The molecule has 0 atom stereocenters. The Labute approximate surface area is 125 Å². The fraction of sp³-hybridized carbons (Fsp3) is 0.625. The van der Waals surface area contributed by atoms with Gasteiger partial charge in [0.1, 0.15) is 5.75 Å². The fourth-order valence-electron chi connectivity index (χ4n) is 2.53. The minimum atomic E-state index is -0.381. The number of hydrogen-bond acceptors (Lipinski definition) is 4. The standard InChI is InChI=1S/C16H24N2O3/c1-11(2)16(5-6-16)10-17-13-7-14(18(19)20)9-15(8-13)21-12(3)4/h7-9,11-12,17H,5-6,10H2,1-4H3. The molecule has 0 saturated heterocycles. The van der Waals surface area contributed by atoms with Crippen molar-refractivity contribution >= 4 is 11.4 Å². The summed E-state index contributed by atoms with van der Waals surface area (Å²) in [4.78, 5) is 10.7. The van der Waals surface area contributed by atoms with Crippen molar-refractivity contribution in [2.24, 2.45) is 11.3 Å². The summed E-state index contributed by atoms with van der Waals surface area (Å²) in [5.74, 6) is 1.16. The number of benzene rings is 1. The van der Waals surface area contributed by atoms with Gasteiger partial charge in [-0.1, -0.05) is 13.8 Å². The van der Waals surface area contributed by atoms with Gasteiger partial charge in [0, 0.05) is 24.4 Å². The molecule has 0 bridgehead atoms. The van der Waals surface area contributed by atoms with Crippen molar-refractivity contribution in [3.63, 3.8) is 0 Å². The minimum absolute atomic E-state index is 0.00899. The van der Waals surface area contributed by atoms with Gasteiger partial charge in [0.2, 0.25) is 0 Å². The second kappa shape index (κ2) is 5.92. The summed E-state index contributed by atoms with van der Waals surface area (Å²) < 4.78 is 5.60. The lowest BCUT2D eigenvalue weighted by atomic mass is 9.92. The highest BCUT2D eigenvalue weighted by Gasteiger charge is 2.44. The number of anilines is 1. The maximum absolute atomic E-state index is 11.0. The molecular weight excluding hydrogens is 268 g/mol. The number of nitrogens with one attached hydrogen (secondary N) is 1. The van der Waals surface area contributed by atoms with Crippen molar-refractivity contribution in [3.05, 3.63) is 28.3 Å². The quantitative estimate of drug-likeness (QED) is 0.603. The molecule has 116 valence electrons. The van der Waals surface area contributed by atoms with Gasteiger partial charge < -0.3 is 10.1 Å². The number of non-ortho nitro benzene ring substituents is 1. The van der Waals surface area contributed by atoms with Crippen LogP contribution in [0, 0.1) is 21.4 Å². The number of rotatable bonds is 7. The lowest BCUT2D eigenvalue weighted by Crippen LogP contribution is -2.21. The lowest BCUT2D eigenvalue weighted by molar-refractivity contribution is -0.384. The normalized spacial score (nSPS) is 16.1. The highest BCUT2D eigenvalue weighted by atomic mass is 16.6. The number of ether oxygens (including phenoxy) is 1. The SMILES string of the molecule is CC(C)Oc1cc(NCC2(C(C)C)CC2)cc([N+](=O)[O-])c1. The van der Waals surface area contributed by atoms with Crippen molar-refractivity contribution in [1.82, 2.24) is 0 Å². The van der Waals surface area contributed by atoms with Gasteiger partial charge in [-0.2, -0.15) is 0 Å². The molecule has 0 aliphatic heterocycles. The molecule has 1 N–H and O–H groups in total. The number of hydrogen-bond donors (Lipinski definition) is 1. The predicted octanol–water partition coefficient (Wildman–Crippen LogP) is 4.23. The van der Waals surface area contributed by atoms with E-state index in [1.54, 1.807) is 6.07 Å². The second-order valence-electron chi connectivity index (χ2n) is 6.51. The maximum atomic E-state index is 11.0. The number of nitro benzene ring substituents is 1. The van der Waals surface area contributed by atoms with E-state index in [0.717, 1.165) is 12.2 Å². The molecule has 1 aliphatic rings. The monoisotopic (exact) mass is 292 g/mol. The summed E-state index contributed by atoms with van der Waals surface area (Å²) in [6.45, 7) is 9.13. The molecule has 5 nitrogen and oxygen atoms in total. The molecule has 0 radical (unpaired) electrons. The molecule has 1 saturated carbocycles. The lowest BCUT2D eigenvalue weighted by Gasteiger charge is -2.21. The zero-order valence-corrected chi connectivity index (χ0v) is 13.2.